The number of aromatic nitrogens is 2. The van der Waals surface area contributed by atoms with Gasteiger partial charge in [-0.05, 0) is 43.0 Å². The largest absolute Gasteiger partial charge is 0.381 e. The molecule has 0 saturated carbocycles. The molecule has 1 aromatic carbocycles. The SMILES string of the molecule is C=CCNc1c(C)cc(-c2cnc(C)nc2)cc1C(=N)C(C)C. The third-order valence-corrected chi connectivity index (χ3v) is 3.74. The summed E-state index contributed by atoms with van der Waals surface area (Å²) < 4.78 is 0. The van der Waals surface area contributed by atoms with Crippen molar-refractivity contribution in [3.63, 3.8) is 0 Å². The molecule has 0 aliphatic carbocycles. The summed E-state index contributed by atoms with van der Waals surface area (Å²) in [6, 6.07) is 4.16. The predicted molar refractivity (Wildman–Crippen MR) is 97.3 cm³/mol. The summed E-state index contributed by atoms with van der Waals surface area (Å²) in [4.78, 5) is 8.55. The Morgan fingerprint density at radius 2 is 1.87 bits per heavy atom. The first-order valence-corrected chi connectivity index (χ1v) is 7.81. The van der Waals surface area contributed by atoms with Crippen LogP contribution in [0.3, 0.4) is 0 Å². The average molecular weight is 308 g/mol. The Morgan fingerprint density at radius 3 is 2.43 bits per heavy atom. The van der Waals surface area contributed by atoms with Crippen molar-refractivity contribution in [2.75, 3.05) is 11.9 Å². The molecule has 0 aliphatic heterocycles. The highest BCUT2D eigenvalue weighted by atomic mass is 14.9. The smallest absolute Gasteiger partial charge is 0.125 e. The molecule has 1 heterocycles. The van der Waals surface area contributed by atoms with Crippen molar-refractivity contribution >= 4 is 11.4 Å². The number of hydrogen-bond donors (Lipinski definition) is 2. The van der Waals surface area contributed by atoms with Gasteiger partial charge in [0.05, 0.1) is 0 Å². The number of hydrogen-bond acceptors (Lipinski definition) is 4. The summed E-state index contributed by atoms with van der Waals surface area (Å²) >= 11 is 0. The van der Waals surface area contributed by atoms with Crippen LogP contribution in [0.4, 0.5) is 5.69 Å². The van der Waals surface area contributed by atoms with E-state index in [4.69, 9.17) is 5.41 Å². The lowest BCUT2D eigenvalue weighted by atomic mass is 9.92. The maximum Gasteiger partial charge on any atom is 0.125 e. The summed E-state index contributed by atoms with van der Waals surface area (Å²) in [5.41, 5.74) is 5.65. The van der Waals surface area contributed by atoms with Crippen LogP contribution >= 0.6 is 0 Å². The van der Waals surface area contributed by atoms with Crippen LogP contribution < -0.4 is 5.32 Å². The van der Waals surface area contributed by atoms with Crippen LogP contribution in [-0.4, -0.2) is 22.2 Å². The number of anilines is 1. The number of aryl methyl sites for hydroxylation is 2. The van der Waals surface area contributed by atoms with Gasteiger partial charge in [0.15, 0.2) is 0 Å². The zero-order chi connectivity index (χ0) is 17.0. The van der Waals surface area contributed by atoms with Crippen LogP contribution in [0.1, 0.15) is 30.8 Å². The van der Waals surface area contributed by atoms with E-state index in [1.165, 1.54) is 0 Å². The van der Waals surface area contributed by atoms with Crippen LogP contribution in [0.15, 0.2) is 37.2 Å². The maximum absolute atomic E-state index is 8.45. The molecule has 0 saturated heterocycles. The van der Waals surface area contributed by atoms with Crippen molar-refractivity contribution in [3.05, 3.63) is 54.1 Å². The van der Waals surface area contributed by atoms with Crippen LogP contribution in [0.25, 0.3) is 11.1 Å². The minimum absolute atomic E-state index is 0.156. The predicted octanol–water partition coefficient (Wildman–Crippen LogP) is 4.38. The number of benzene rings is 1. The van der Waals surface area contributed by atoms with Crippen molar-refractivity contribution in [3.8, 4) is 11.1 Å². The fourth-order valence-electron chi connectivity index (χ4n) is 2.43. The van der Waals surface area contributed by atoms with Gasteiger partial charge >= 0.3 is 0 Å². The number of nitrogens with one attached hydrogen (secondary N) is 2. The van der Waals surface area contributed by atoms with E-state index in [9.17, 15) is 0 Å². The van der Waals surface area contributed by atoms with Crippen LogP contribution in [0.2, 0.25) is 0 Å². The molecule has 0 spiro atoms. The van der Waals surface area contributed by atoms with E-state index in [1.54, 1.807) is 0 Å². The van der Waals surface area contributed by atoms with Crippen molar-refractivity contribution in [1.29, 1.82) is 5.41 Å². The first-order valence-electron chi connectivity index (χ1n) is 7.81. The Labute approximate surface area is 138 Å². The van der Waals surface area contributed by atoms with E-state index in [0.29, 0.717) is 12.3 Å². The lowest BCUT2D eigenvalue weighted by Gasteiger charge is -2.18. The molecule has 2 aromatic rings. The third kappa shape index (κ3) is 3.83. The van der Waals surface area contributed by atoms with Crippen LogP contribution in [-0.2, 0) is 0 Å². The molecule has 2 N–H and O–H groups in total. The third-order valence-electron chi connectivity index (χ3n) is 3.74. The molecule has 1 aromatic heterocycles. The minimum atomic E-state index is 0.156. The standard InChI is InChI=1S/C19H24N4/c1-6-7-21-19-13(4)8-15(9-17(19)18(20)12(2)3)16-10-22-14(5)23-11-16/h6,8-12,20-21H,1,7H2,2-5H3. The average Bonchev–Trinajstić information content (AvgIpc) is 2.53. The molecule has 0 aliphatic rings. The van der Waals surface area contributed by atoms with E-state index in [0.717, 1.165) is 33.8 Å². The van der Waals surface area contributed by atoms with Gasteiger partial charge in [0, 0.05) is 41.5 Å². The fourth-order valence-corrected chi connectivity index (χ4v) is 2.43. The Bertz CT molecular complexity index is 715. The molecule has 0 unspecified atom stereocenters. The topological polar surface area (TPSA) is 61.7 Å². The molecular formula is C19H24N4. The Morgan fingerprint density at radius 1 is 1.22 bits per heavy atom. The van der Waals surface area contributed by atoms with Crippen molar-refractivity contribution in [1.82, 2.24) is 9.97 Å². The Hall–Kier alpha value is -2.49. The van der Waals surface area contributed by atoms with Gasteiger partial charge in [-0.2, -0.15) is 0 Å². The van der Waals surface area contributed by atoms with Crippen molar-refractivity contribution in [2.24, 2.45) is 5.92 Å². The summed E-state index contributed by atoms with van der Waals surface area (Å²) in [5.74, 6) is 0.910. The first kappa shape index (κ1) is 16.9. The van der Waals surface area contributed by atoms with E-state index in [1.807, 2.05) is 39.2 Å². The van der Waals surface area contributed by atoms with Gasteiger partial charge in [-0.3, -0.25) is 0 Å². The summed E-state index contributed by atoms with van der Waals surface area (Å²) in [6.45, 7) is 12.4. The lowest BCUT2D eigenvalue weighted by Crippen LogP contribution is -2.13. The molecule has 0 amide bonds. The molecule has 0 radical (unpaired) electrons. The molecular weight excluding hydrogens is 284 g/mol. The molecule has 23 heavy (non-hydrogen) atoms. The summed E-state index contributed by atoms with van der Waals surface area (Å²) in [5, 5.41) is 11.8. The molecule has 0 bridgehead atoms. The van der Waals surface area contributed by atoms with Gasteiger partial charge in [-0.1, -0.05) is 19.9 Å². The molecule has 0 atom stereocenters. The van der Waals surface area contributed by atoms with Crippen LogP contribution in [0, 0.1) is 25.2 Å². The van der Waals surface area contributed by atoms with E-state index < -0.39 is 0 Å². The van der Waals surface area contributed by atoms with Crippen molar-refractivity contribution < 1.29 is 0 Å². The van der Waals surface area contributed by atoms with Gasteiger partial charge in [-0.15, -0.1) is 6.58 Å². The summed E-state index contributed by atoms with van der Waals surface area (Å²) in [6.07, 6.45) is 5.48. The van der Waals surface area contributed by atoms with Gasteiger partial charge in [0.1, 0.15) is 5.82 Å². The zero-order valence-electron chi connectivity index (χ0n) is 14.3. The second-order valence-electron chi connectivity index (χ2n) is 5.97. The quantitative estimate of drug-likeness (QED) is 0.615. The van der Waals surface area contributed by atoms with E-state index >= 15 is 0 Å². The number of nitrogens with zero attached hydrogens (tertiary/aromatic N) is 2. The molecule has 4 heteroatoms. The molecule has 2 rings (SSSR count). The maximum atomic E-state index is 8.45. The lowest BCUT2D eigenvalue weighted by molar-refractivity contribution is 0.877. The minimum Gasteiger partial charge on any atom is -0.381 e. The molecule has 120 valence electrons. The van der Waals surface area contributed by atoms with Gasteiger partial charge < -0.3 is 10.7 Å². The fraction of sp³-hybridized carbons (Fsp3) is 0.316. The molecule has 4 nitrogen and oxygen atoms in total. The van der Waals surface area contributed by atoms with Gasteiger partial charge in [0.2, 0.25) is 0 Å². The van der Waals surface area contributed by atoms with E-state index in [-0.39, 0.29) is 5.92 Å². The normalized spacial score (nSPS) is 10.7. The highest BCUT2D eigenvalue weighted by Gasteiger charge is 2.15. The highest BCUT2D eigenvalue weighted by molar-refractivity contribution is 6.05. The molecule has 0 fully saturated rings. The van der Waals surface area contributed by atoms with E-state index in [2.05, 4.69) is 40.9 Å². The summed E-state index contributed by atoms with van der Waals surface area (Å²) in [7, 11) is 0. The zero-order valence-corrected chi connectivity index (χ0v) is 14.3. The van der Waals surface area contributed by atoms with Crippen molar-refractivity contribution in [2.45, 2.75) is 27.7 Å². The monoisotopic (exact) mass is 308 g/mol. The van der Waals surface area contributed by atoms with Gasteiger partial charge in [-0.25, -0.2) is 9.97 Å². The Balaban J connectivity index is 2.56. The first-order chi connectivity index (χ1) is 10.9. The highest BCUT2D eigenvalue weighted by Crippen LogP contribution is 2.30. The second kappa shape index (κ2) is 7.18. The number of rotatable bonds is 6. The second-order valence-corrected chi connectivity index (χ2v) is 5.97. The van der Waals surface area contributed by atoms with Crippen LogP contribution in [0.5, 0.6) is 0 Å². The Kier molecular flexibility index (Phi) is 5.27. The van der Waals surface area contributed by atoms with Gasteiger partial charge in [0.25, 0.3) is 0 Å².